The summed E-state index contributed by atoms with van der Waals surface area (Å²) in [6.07, 6.45) is 2.87. The second kappa shape index (κ2) is 8.18. The highest BCUT2D eigenvalue weighted by molar-refractivity contribution is 5.70. The van der Waals surface area contributed by atoms with Crippen LogP contribution in [0.25, 0.3) is 0 Å². The summed E-state index contributed by atoms with van der Waals surface area (Å²) in [5.41, 5.74) is 2.76. The molecule has 0 radical (unpaired) electrons. The number of nitrogens with zero attached hydrogens (tertiary/aromatic N) is 1. The van der Waals surface area contributed by atoms with Gasteiger partial charge in [-0.15, -0.1) is 0 Å². The van der Waals surface area contributed by atoms with Crippen LogP contribution < -0.4 is 10.1 Å². The van der Waals surface area contributed by atoms with Crippen molar-refractivity contribution in [2.24, 2.45) is 0 Å². The third-order valence-electron chi connectivity index (χ3n) is 4.42. The number of aryl methyl sites for hydroxylation is 1. The van der Waals surface area contributed by atoms with Gasteiger partial charge in [0.25, 0.3) is 0 Å². The van der Waals surface area contributed by atoms with Crippen molar-refractivity contribution in [3.05, 3.63) is 29.3 Å². The Morgan fingerprint density at radius 2 is 2.09 bits per heavy atom. The number of hydrogen-bond acceptors (Lipinski definition) is 3. The van der Waals surface area contributed by atoms with Gasteiger partial charge in [-0.1, -0.05) is 26.8 Å². The largest absolute Gasteiger partial charge is 0.412 e. The Labute approximate surface area is 133 Å². The molecule has 1 aromatic rings. The summed E-state index contributed by atoms with van der Waals surface area (Å²) < 4.78 is 5.38. The normalized spacial score (nSPS) is 16.6. The first-order chi connectivity index (χ1) is 10.7. The highest BCUT2D eigenvalue weighted by Crippen LogP contribution is 2.36. The van der Waals surface area contributed by atoms with Gasteiger partial charge < -0.3 is 15.0 Å². The van der Waals surface area contributed by atoms with Gasteiger partial charge in [0, 0.05) is 13.1 Å². The summed E-state index contributed by atoms with van der Waals surface area (Å²) in [5.74, 6) is 1.20. The molecule has 0 aliphatic heterocycles. The maximum absolute atomic E-state index is 11.7. The van der Waals surface area contributed by atoms with Gasteiger partial charge in [0.1, 0.15) is 5.75 Å². The van der Waals surface area contributed by atoms with Crippen molar-refractivity contribution >= 4 is 6.09 Å². The predicted octanol–water partition coefficient (Wildman–Crippen LogP) is 3.56. The summed E-state index contributed by atoms with van der Waals surface area (Å²) in [7, 11) is 0. The van der Waals surface area contributed by atoms with Crippen molar-refractivity contribution < 1.29 is 9.53 Å². The van der Waals surface area contributed by atoms with Crippen LogP contribution in [-0.2, 0) is 6.42 Å². The van der Waals surface area contributed by atoms with Crippen LogP contribution in [0.15, 0.2) is 18.2 Å². The van der Waals surface area contributed by atoms with Crippen molar-refractivity contribution in [1.29, 1.82) is 0 Å². The molecule has 1 N–H and O–H groups in total. The number of fused-ring (bicyclic) bond motifs is 1. The molecule has 1 amide bonds. The van der Waals surface area contributed by atoms with E-state index in [1.54, 1.807) is 0 Å². The van der Waals surface area contributed by atoms with Crippen molar-refractivity contribution in [2.45, 2.75) is 46.0 Å². The van der Waals surface area contributed by atoms with Gasteiger partial charge in [0.2, 0.25) is 0 Å². The van der Waals surface area contributed by atoms with Crippen LogP contribution in [0.4, 0.5) is 4.79 Å². The number of carbonyl (C=O) groups excluding carboxylic acids is 1. The van der Waals surface area contributed by atoms with E-state index < -0.39 is 0 Å². The van der Waals surface area contributed by atoms with Crippen LogP contribution in [-0.4, -0.2) is 37.2 Å². The molecule has 2 rings (SSSR count). The molecule has 0 spiro atoms. The lowest BCUT2D eigenvalue weighted by molar-refractivity contribution is 0.200. The summed E-state index contributed by atoms with van der Waals surface area (Å²) in [6.45, 7) is 10.3. The van der Waals surface area contributed by atoms with Gasteiger partial charge in [-0.05, 0) is 61.5 Å². The van der Waals surface area contributed by atoms with Gasteiger partial charge in [0.15, 0.2) is 0 Å². The summed E-state index contributed by atoms with van der Waals surface area (Å²) in [4.78, 5) is 14.1. The van der Waals surface area contributed by atoms with E-state index in [1.807, 2.05) is 13.0 Å². The van der Waals surface area contributed by atoms with E-state index in [0.29, 0.717) is 18.2 Å². The lowest BCUT2D eigenvalue weighted by Crippen LogP contribution is -2.28. The Morgan fingerprint density at radius 3 is 2.77 bits per heavy atom. The number of ether oxygens (including phenoxy) is 1. The standard InChI is InChI=1S/C18H28N2O2/c1-4-11-19-18(21)22-16-10-9-14-7-8-15(17(14)12-16)13-20(5-2)6-3/h9-10,12,15H,4-8,11,13H2,1-3H3,(H,19,21). The highest BCUT2D eigenvalue weighted by atomic mass is 16.6. The average Bonchev–Trinajstić information content (AvgIpc) is 2.92. The number of amides is 1. The maximum Gasteiger partial charge on any atom is 0.412 e. The van der Waals surface area contributed by atoms with Crippen LogP contribution in [0.3, 0.4) is 0 Å². The molecule has 0 heterocycles. The molecule has 4 nitrogen and oxygen atoms in total. The Hall–Kier alpha value is -1.55. The number of nitrogens with one attached hydrogen (secondary N) is 1. The highest BCUT2D eigenvalue weighted by Gasteiger charge is 2.24. The molecule has 1 aliphatic rings. The molecule has 4 heteroatoms. The molecule has 1 aliphatic carbocycles. The molecule has 0 bridgehead atoms. The third-order valence-corrected chi connectivity index (χ3v) is 4.42. The summed E-state index contributed by atoms with van der Waals surface area (Å²) in [5, 5.41) is 2.74. The van der Waals surface area contributed by atoms with Gasteiger partial charge in [-0.3, -0.25) is 0 Å². The molecule has 122 valence electrons. The van der Waals surface area contributed by atoms with E-state index in [0.717, 1.165) is 32.5 Å². The minimum Gasteiger partial charge on any atom is -0.410 e. The Balaban J connectivity index is 2.04. The van der Waals surface area contributed by atoms with Crippen molar-refractivity contribution in [1.82, 2.24) is 10.2 Å². The monoisotopic (exact) mass is 304 g/mol. The number of carbonyl (C=O) groups is 1. The molecule has 22 heavy (non-hydrogen) atoms. The molecular weight excluding hydrogens is 276 g/mol. The second-order valence-corrected chi connectivity index (χ2v) is 5.90. The molecule has 1 aromatic carbocycles. The lowest BCUT2D eigenvalue weighted by Gasteiger charge is -2.23. The van der Waals surface area contributed by atoms with Crippen LogP contribution in [0.2, 0.25) is 0 Å². The minimum absolute atomic E-state index is 0.361. The number of hydrogen-bond donors (Lipinski definition) is 1. The zero-order valence-electron chi connectivity index (χ0n) is 14.0. The second-order valence-electron chi connectivity index (χ2n) is 5.90. The first-order valence-corrected chi connectivity index (χ1v) is 8.48. The fourth-order valence-electron chi connectivity index (χ4n) is 3.08. The Bertz CT molecular complexity index is 498. The molecule has 1 atom stereocenters. The van der Waals surface area contributed by atoms with Gasteiger partial charge in [0.05, 0.1) is 0 Å². The van der Waals surface area contributed by atoms with Crippen LogP contribution >= 0.6 is 0 Å². The number of likely N-dealkylation sites (N-methyl/N-ethyl adjacent to an activating group) is 1. The fraction of sp³-hybridized carbons (Fsp3) is 0.611. The van der Waals surface area contributed by atoms with E-state index in [-0.39, 0.29) is 6.09 Å². The van der Waals surface area contributed by atoms with E-state index in [9.17, 15) is 4.79 Å². The fourth-order valence-corrected chi connectivity index (χ4v) is 3.08. The molecule has 0 saturated heterocycles. The molecule has 0 saturated carbocycles. The maximum atomic E-state index is 11.7. The van der Waals surface area contributed by atoms with Crippen molar-refractivity contribution in [2.75, 3.05) is 26.2 Å². The molecule has 0 fully saturated rings. The van der Waals surface area contributed by atoms with Crippen molar-refractivity contribution in [3.8, 4) is 5.75 Å². The SMILES string of the molecule is CCCNC(=O)Oc1ccc2c(c1)C(CN(CC)CC)CC2. The van der Waals surface area contributed by atoms with Gasteiger partial charge in [-0.2, -0.15) is 0 Å². The smallest absolute Gasteiger partial charge is 0.410 e. The zero-order chi connectivity index (χ0) is 15.9. The van der Waals surface area contributed by atoms with E-state index in [2.05, 4.69) is 36.2 Å². The van der Waals surface area contributed by atoms with Crippen LogP contribution in [0.1, 0.15) is 50.7 Å². The van der Waals surface area contributed by atoms with Gasteiger partial charge in [-0.25, -0.2) is 4.79 Å². The van der Waals surface area contributed by atoms with Gasteiger partial charge >= 0.3 is 6.09 Å². The van der Waals surface area contributed by atoms with E-state index >= 15 is 0 Å². The summed E-state index contributed by atoms with van der Waals surface area (Å²) >= 11 is 0. The van der Waals surface area contributed by atoms with E-state index in [1.165, 1.54) is 17.5 Å². The lowest BCUT2D eigenvalue weighted by atomic mass is 10.0. The van der Waals surface area contributed by atoms with Crippen LogP contribution in [0.5, 0.6) is 5.75 Å². The van der Waals surface area contributed by atoms with E-state index in [4.69, 9.17) is 4.74 Å². The van der Waals surface area contributed by atoms with Crippen LogP contribution in [0, 0.1) is 0 Å². The molecule has 0 aromatic heterocycles. The first kappa shape index (κ1) is 16.8. The molecular formula is C18H28N2O2. The summed E-state index contributed by atoms with van der Waals surface area (Å²) in [6, 6.07) is 6.08. The minimum atomic E-state index is -0.361. The number of rotatable bonds is 7. The zero-order valence-corrected chi connectivity index (χ0v) is 14.0. The Kier molecular flexibility index (Phi) is 6.25. The topological polar surface area (TPSA) is 41.6 Å². The average molecular weight is 304 g/mol. The number of benzene rings is 1. The third kappa shape index (κ3) is 4.23. The predicted molar refractivity (Wildman–Crippen MR) is 89.6 cm³/mol. The quantitative estimate of drug-likeness (QED) is 0.837. The Morgan fingerprint density at radius 1 is 1.32 bits per heavy atom. The molecule has 1 unspecified atom stereocenters. The first-order valence-electron chi connectivity index (χ1n) is 8.48. The van der Waals surface area contributed by atoms with Crippen molar-refractivity contribution in [3.63, 3.8) is 0 Å².